The number of carbonyl (C=O) groups excluding carboxylic acids is 1. The predicted molar refractivity (Wildman–Crippen MR) is 53.0 cm³/mol. The lowest BCUT2D eigenvalue weighted by molar-refractivity contribution is -0.138. The van der Waals surface area contributed by atoms with E-state index in [9.17, 15) is 9.59 Å². The quantitative estimate of drug-likeness (QED) is 0.553. The molecule has 0 heterocycles. The zero-order valence-corrected chi connectivity index (χ0v) is 8.32. The molecular formula is C9H16N2O3. The van der Waals surface area contributed by atoms with Crippen LogP contribution in [-0.2, 0) is 9.59 Å². The minimum Gasteiger partial charge on any atom is -0.480 e. The first-order valence-corrected chi connectivity index (χ1v) is 4.35. The summed E-state index contributed by atoms with van der Waals surface area (Å²) in [5, 5.41) is 11.0. The average molecular weight is 200 g/mol. The summed E-state index contributed by atoms with van der Waals surface area (Å²) in [6.45, 7) is 4.36. The van der Waals surface area contributed by atoms with Crippen LogP contribution in [0, 0.1) is 0 Å². The van der Waals surface area contributed by atoms with Gasteiger partial charge in [-0.25, -0.2) is 0 Å². The third-order valence-electron chi connectivity index (χ3n) is 1.68. The molecule has 80 valence electrons. The minimum atomic E-state index is -0.899. The number of carboxylic acids is 1. The Morgan fingerprint density at radius 2 is 2.21 bits per heavy atom. The molecule has 0 saturated heterocycles. The molecule has 0 unspecified atom stereocenters. The monoisotopic (exact) mass is 200 g/mol. The molecule has 1 amide bonds. The second-order valence-corrected chi connectivity index (χ2v) is 2.84. The van der Waals surface area contributed by atoms with Gasteiger partial charge in [-0.3, -0.25) is 14.5 Å². The normalized spacial score (nSPS) is 9.86. The molecule has 0 bridgehead atoms. The molecule has 0 rings (SSSR count). The molecule has 0 aromatic rings. The molecule has 0 aliphatic carbocycles. The molecule has 5 heteroatoms. The molecule has 0 aromatic carbocycles. The van der Waals surface area contributed by atoms with Crippen LogP contribution in [0.2, 0.25) is 0 Å². The third kappa shape index (κ3) is 6.19. The Bertz CT molecular complexity index is 216. The van der Waals surface area contributed by atoms with Crippen molar-refractivity contribution in [1.82, 2.24) is 10.2 Å². The van der Waals surface area contributed by atoms with Crippen molar-refractivity contribution >= 4 is 11.9 Å². The maximum absolute atomic E-state index is 10.9. The van der Waals surface area contributed by atoms with Crippen LogP contribution in [0.1, 0.15) is 6.42 Å². The smallest absolute Gasteiger partial charge is 0.317 e. The van der Waals surface area contributed by atoms with Crippen molar-refractivity contribution in [3.05, 3.63) is 12.7 Å². The minimum absolute atomic E-state index is 0.0665. The first-order valence-electron chi connectivity index (χ1n) is 4.35. The van der Waals surface area contributed by atoms with Gasteiger partial charge in [0.2, 0.25) is 5.91 Å². The van der Waals surface area contributed by atoms with Gasteiger partial charge in [0.25, 0.3) is 0 Å². The van der Waals surface area contributed by atoms with Gasteiger partial charge in [0.1, 0.15) is 0 Å². The molecule has 0 spiro atoms. The van der Waals surface area contributed by atoms with E-state index in [1.807, 2.05) is 0 Å². The summed E-state index contributed by atoms with van der Waals surface area (Å²) in [6, 6.07) is 0. The number of amides is 1. The number of hydrogen-bond donors (Lipinski definition) is 2. The van der Waals surface area contributed by atoms with E-state index in [1.165, 1.54) is 0 Å². The third-order valence-corrected chi connectivity index (χ3v) is 1.68. The predicted octanol–water partition coefficient (Wildman–Crippen LogP) is -0.305. The Labute approximate surface area is 83.4 Å². The summed E-state index contributed by atoms with van der Waals surface area (Å²) >= 11 is 0. The number of carbonyl (C=O) groups is 2. The summed E-state index contributed by atoms with van der Waals surface area (Å²) in [5.41, 5.74) is 0. The van der Waals surface area contributed by atoms with Gasteiger partial charge in [0.05, 0.1) is 6.54 Å². The Kier molecular flexibility index (Phi) is 6.39. The van der Waals surface area contributed by atoms with Gasteiger partial charge in [-0.1, -0.05) is 6.08 Å². The molecule has 0 aliphatic rings. The van der Waals surface area contributed by atoms with Crippen molar-refractivity contribution in [3.8, 4) is 0 Å². The van der Waals surface area contributed by atoms with Crippen molar-refractivity contribution in [2.45, 2.75) is 6.42 Å². The lowest BCUT2D eigenvalue weighted by atomic mass is 10.3. The highest BCUT2D eigenvalue weighted by Crippen LogP contribution is 1.92. The van der Waals surface area contributed by atoms with Crippen LogP contribution in [0.15, 0.2) is 12.7 Å². The number of nitrogens with one attached hydrogen (secondary N) is 1. The first-order chi connectivity index (χ1) is 6.60. The fraction of sp³-hybridized carbons (Fsp3) is 0.556. The molecule has 0 fully saturated rings. The Morgan fingerprint density at radius 3 is 2.64 bits per heavy atom. The van der Waals surface area contributed by atoms with E-state index in [4.69, 9.17) is 5.11 Å². The Morgan fingerprint density at radius 1 is 1.57 bits per heavy atom. The van der Waals surface area contributed by atoms with E-state index in [-0.39, 0.29) is 12.5 Å². The molecule has 14 heavy (non-hydrogen) atoms. The van der Waals surface area contributed by atoms with Gasteiger partial charge in [-0.05, 0) is 0 Å². The summed E-state index contributed by atoms with van der Waals surface area (Å²) in [5.74, 6) is -0.992. The average Bonchev–Trinajstić information content (AvgIpc) is 2.13. The van der Waals surface area contributed by atoms with Crippen molar-refractivity contribution in [2.75, 3.05) is 26.7 Å². The van der Waals surface area contributed by atoms with Crippen molar-refractivity contribution in [2.24, 2.45) is 0 Å². The van der Waals surface area contributed by atoms with Crippen LogP contribution < -0.4 is 5.32 Å². The number of carboxylic acid groups (broad SMARTS) is 1. The number of nitrogens with zero attached hydrogens (tertiary/aromatic N) is 1. The Balaban J connectivity index is 3.89. The molecule has 5 nitrogen and oxygen atoms in total. The number of aliphatic carboxylic acids is 1. The number of hydrogen-bond acceptors (Lipinski definition) is 3. The highest BCUT2D eigenvalue weighted by molar-refractivity contribution is 5.75. The lowest BCUT2D eigenvalue weighted by Gasteiger charge is -2.17. The molecule has 0 aromatic heterocycles. The molecule has 0 atom stereocenters. The van der Waals surface area contributed by atoms with Crippen LogP contribution in [-0.4, -0.2) is 48.6 Å². The van der Waals surface area contributed by atoms with Crippen LogP contribution in [0.5, 0.6) is 0 Å². The van der Waals surface area contributed by atoms with Crippen LogP contribution in [0.25, 0.3) is 0 Å². The van der Waals surface area contributed by atoms with E-state index >= 15 is 0 Å². The highest BCUT2D eigenvalue weighted by atomic mass is 16.4. The maximum atomic E-state index is 10.9. The zero-order valence-electron chi connectivity index (χ0n) is 8.32. The fourth-order valence-corrected chi connectivity index (χ4v) is 0.993. The van der Waals surface area contributed by atoms with E-state index < -0.39 is 5.97 Å². The zero-order chi connectivity index (χ0) is 11.0. The molecule has 0 aliphatic heterocycles. The molecule has 0 radical (unpaired) electrons. The van der Waals surface area contributed by atoms with E-state index in [0.29, 0.717) is 19.5 Å². The van der Waals surface area contributed by atoms with Gasteiger partial charge in [-0.15, -0.1) is 6.58 Å². The molecule has 2 N–H and O–H groups in total. The summed E-state index contributed by atoms with van der Waals surface area (Å²) in [4.78, 5) is 23.0. The second-order valence-electron chi connectivity index (χ2n) is 2.84. The van der Waals surface area contributed by atoms with Gasteiger partial charge in [0, 0.05) is 26.6 Å². The van der Waals surface area contributed by atoms with E-state index in [2.05, 4.69) is 11.9 Å². The van der Waals surface area contributed by atoms with Crippen LogP contribution in [0.4, 0.5) is 0 Å². The van der Waals surface area contributed by atoms with Crippen molar-refractivity contribution in [3.63, 3.8) is 0 Å². The standard InChI is InChI=1S/C9H16N2O3/c1-3-5-11(7-9(13)14)6-4-8(12)10-2/h3H,1,4-7H2,2H3,(H,10,12)(H,13,14). The SMILES string of the molecule is C=CCN(CCC(=O)NC)CC(=O)O. The molecule has 0 saturated carbocycles. The second kappa shape index (κ2) is 7.08. The molecular weight excluding hydrogens is 184 g/mol. The maximum Gasteiger partial charge on any atom is 0.317 e. The van der Waals surface area contributed by atoms with Gasteiger partial charge < -0.3 is 10.4 Å². The largest absolute Gasteiger partial charge is 0.480 e. The topological polar surface area (TPSA) is 69.6 Å². The fourth-order valence-electron chi connectivity index (χ4n) is 0.993. The lowest BCUT2D eigenvalue weighted by Crippen LogP contribution is -2.33. The highest BCUT2D eigenvalue weighted by Gasteiger charge is 2.09. The van der Waals surface area contributed by atoms with E-state index in [1.54, 1.807) is 18.0 Å². The first kappa shape index (κ1) is 12.6. The summed E-state index contributed by atoms with van der Waals surface area (Å²) in [7, 11) is 1.55. The Hall–Kier alpha value is -1.36. The van der Waals surface area contributed by atoms with Crippen LogP contribution in [0.3, 0.4) is 0 Å². The summed E-state index contributed by atoms with van der Waals surface area (Å²) < 4.78 is 0. The van der Waals surface area contributed by atoms with E-state index in [0.717, 1.165) is 0 Å². The van der Waals surface area contributed by atoms with Gasteiger partial charge in [0.15, 0.2) is 0 Å². The summed E-state index contributed by atoms with van der Waals surface area (Å²) in [6.07, 6.45) is 1.92. The van der Waals surface area contributed by atoms with Crippen molar-refractivity contribution < 1.29 is 14.7 Å². The van der Waals surface area contributed by atoms with Crippen molar-refractivity contribution in [1.29, 1.82) is 0 Å². The van der Waals surface area contributed by atoms with Crippen LogP contribution >= 0.6 is 0 Å². The van der Waals surface area contributed by atoms with Gasteiger partial charge >= 0.3 is 5.97 Å². The van der Waals surface area contributed by atoms with Gasteiger partial charge in [-0.2, -0.15) is 0 Å². The number of rotatable bonds is 7.